The maximum Gasteiger partial charge on any atom is 0.407 e. The van der Waals surface area contributed by atoms with Gasteiger partial charge in [0.1, 0.15) is 18.3 Å². The molecule has 1 unspecified atom stereocenters. The van der Waals surface area contributed by atoms with E-state index in [4.69, 9.17) is 4.74 Å². The number of benzene rings is 3. The van der Waals surface area contributed by atoms with Crippen molar-refractivity contribution < 1.29 is 24.4 Å². The van der Waals surface area contributed by atoms with Gasteiger partial charge in [0.25, 0.3) is 5.69 Å². The van der Waals surface area contributed by atoms with Crippen LogP contribution in [0.2, 0.25) is 0 Å². The van der Waals surface area contributed by atoms with Crippen LogP contribution in [0, 0.1) is 17.0 Å². The molecule has 42 heavy (non-hydrogen) atoms. The van der Waals surface area contributed by atoms with Gasteiger partial charge in [-0.3, -0.25) is 10.1 Å². The van der Waals surface area contributed by atoms with E-state index in [0.29, 0.717) is 22.6 Å². The highest BCUT2D eigenvalue weighted by atomic mass is 16.6. The molecule has 0 fully saturated rings. The number of aromatic nitrogens is 2. The van der Waals surface area contributed by atoms with Crippen molar-refractivity contribution >= 4 is 23.4 Å². The van der Waals surface area contributed by atoms with Gasteiger partial charge in [0.2, 0.25) is 0 Å². The Morgan fingerprint density at radius 2 is 1.64 bits per heavy atom. The van der Waals surface area contributed by atoms with Crippen molar-refractivity contribution in [1.82, 2.24) is 14.7 Å². The van der Waals surface area contributed by atoms with Crippen LogP contribution in [0.5, 0.6) is 0 Å². The monoisotopic (exact) mass is 562 g/mol. The Labute approximate surface area is 240 Å². The van der Waals surface area contributed by atoms with Gasteiger partial charge in [-0.1, -0.05) is 54.6 Å². The van der Waals surface area contributed by atoms with Gasteiger partial charge in [0.15, 0.2) is 0 Å². The fraction of sp³-hybridized carbons (Fsp3) is 0.156. The van der Waals surface area contributed by atoms with E-state index in [9.17, 15) is 24.8 Å². The lowest BCUT2D eigenvalue weighted by atomic mass is 9.98. The maximum atomic E-state index is 13.0. The Morgan fingerprint density at radius 1 is 1.00 bits per heavy atom. The summed E-state index contributed by atoms with van der Waals surface area (Å²) in [6.45, 7) is 1.95. The molecule has 3 aromatic carbocycles. The third kappa shape index (κ3) is 4.94. The topological polar surface area (TPSA) is 136 Å². The van der Waals surface area contributed by atoms with E-state index in [0.717, 1.165) is 27.8 Å². The lowest BCUT2D eigenvalue weighted by Gasteiger charge is -2.18. The van der Waals surface area contributed by atoms with Crippen molar-refractivity contribution in [3.05, 3.63) is 124 Å². The summed E-state index contributed by atoms with van der Waals surface area (Å²) in [5.41, 5.74) is 7.30. The zero-order valence-corrected chi connectivity index (χ0v) is 22.6. The van der Waals surface area contributed by atoms with Crippen LogP contribution >= 0.6 is 0 Å². The van der Waals surface area contributed by atoms with Crippen LogP contribution in [0.15, 0.2) is 91.1 Å². The number of carboxylic acid groups (broad SMARTS) is 1. The molecule has 1 amide bonds. The predicted octanol–water partition coefficient (Wildman–Crippen LogP) is 5.75. The number of rotatable bonds is 8. The van der Waals surface area contributed by atoms with E-state index >= 15 is 0 Å². The second-order valence-electron chi connectivity index (χ2n) is 10.2. The number of fused-ring (bicyclic) bond motifs is 4. The number of hydrogen-bond donors (Lipinski definition) is 2. The number of nitro groups is 1. The molecule has 10 heteroatoms. The Morgan fingerprint density at radius 3 is 2.26 bits per heavy atom. The number of alkyl carbamates (subject to hydrolysis) is 1. The van der Waals surface area contributed by atoms with Crippen LogP contribution in [0.3, 0.4) is 0 Å². The van der Waals surface area contributed by atoms with Gasteiger partial charge in [0.05, 0.1) is 16.3 Å². The number of pyridine rings is 1. The number of carbonyl (C=O) groups excluding carboxylic acids is 1. The van der Waals surface area contributed by atoms with Gasteiger partial charge in [0, 0.05) is 36.2 Å². The first-order chi connectivity index (χ1) is 20.3. The van der Waals surface area contributed by atoms with Crippen molar-refractivity contribution in [1.29, 1.82) is 0 Å². The van der Waals surface area contributed by atoms with Crippen LogP contribution in [0.1, 0.15) is 28.3 Å². The van der Waals surface area contributed by atoms with E-state index in [1.165, 1.54) is 12.1 Å². The van der Waals surface area contributed by atoms with Crippen molar-refractivity contribution in [2.45, 2.75) is 25.3 Å². The minimum atomic E-state index is -1.32. The number of nitrogens with one attached hydrogen (secondary N) is 1. The van der Waals surface area contributed by atoms with Gasteiger partial charge in [-0.2, -0.15) is 0 Å². The second kappa shape index (κ2) is 10.8. The summed E-state index contributed by atoms with van der Waals surface area (Å²) < 4.78 is 7.38. The molecule has 1 atom stereocenters. The lowest BCUT2D eigenvalue weighted by molar-refractivity contribution is -0.384. The highest BCUT2D eigenvalue weighted by molar-refractivity contribution is 5.82. The summed E-state index contributed by atoms with van der Waals surface area (Å²) in [4.78, 5) is 40.6. The normalized spacial score (nSPS) is 12.9. The van der Waals surface area contributed by atoms with Crippen LogP contribution in [-0.4, -0.2) is 44.1 Å². The molecular formula is C32H26N4O6. The molecule has 10 nitrogen and oxygen atoms in total. The van der Waals surface area contributed by atoms with Gasteiger partial charge in [-0.15, -0.1) is 0 Å². The number of amides is 1. The van der Waals surface area contributed by atoms with Crippen LogP contribution in [-0.2, 0) is 16.0 Å². The van der Waals surface area contributed by atoms with E-state index < -0.39 is 23.0 Å². The Balaban J connectivity index is 1.24. The summed E-state index contributed by atoms with van der Waals surface area (Å²) in [6, 6.07) is 24.2. The van der Waals surface area contributed by atoms with Gasteiger partial charge < -0.3 is 19.6 Å². The smallest absolute Gasteiger partial charge is 0.407 e. The van der Waals surface area contributed by atoms with Crippen LogP contribution < -0.4 is 5.32 Å². The van der Waals surface area contributed by atoms with E-state index in [-0.39, 0.29) is 24.6 Å². The first kappa shape index (κ1) is 26.7. The first-order valence-corrected chi connectivity index (χ1v) is 13.4. The van der Waals surface area contributed by atoms with Gasteiger partial charge in [-0.05, 0) is 52.9 Å². The molecule has 1 aliphatic rings. The summed E-state index contributed by atoms with van der Waals surface area (Å²) in [5.74, 6) is -1.40. The van der Waals surface area contributed by atoms with E-state index in [1.807, 2.05) is 73.8 Å². The van der Waals surface area contributed by atoms with Gasteiger partial charge >= 0.3 is 12.1 Å². The summed E-state index contributed by atoms with van der Waals surface area (Å²) >= 11 is 0. The summed E-state index contributed by atoms with van der Waals surface area (Å²) in [6.07, 6.45) is 0.890. The fourth-order valence-electron chi connectivity index (χ4n) is 5.54. The van der Waals surface area contributed by atoms with Crippen LogP contribution in [0.25, 0.3) is 28.0 Å². The highest BCUT2D eigenvalue weighted by Gasteiger charge is 2.30. The average Bonchev–Trinajstić information content (AvgIpc) is 3.51. The number of nitrogens with zero attached hydrogens (tertiary/aromatic N) is 3. The zero-order valence-electron chi connectivity index (χ0n) is 22.6. The number of aliphatic carboxylic acids is 1. The largest absolute Gasteiger partial charge is 0.480 e. The molecule has 2 N–H and O–H groups in total. The number of aryl methyl sites for hydroxylation is 1. The molecule has 0 bridgehead atoms. The molecular weight excluding hydrogens is 536 g/mol. The number of carbonyl (C=O) groups is 2. The quantitative estimate of drug-likeness (QED) is 0.181. The molecule has 0 spiro atoms. The highest BCUT2D eigenvalue weighted by Crippen LogP contribution is 2.44. The average molecular weight is 563 g/mol. The fourth-order valence-corrected chi connectivity index (χ4v) is 5.54. The zero-order chi connectivity index (χ0) is 29.4. The molecule has 2 heterocycles. The number of imidazole rings is 1. The standard InChI is InChI=1S/C32H26N4O6/c1-19-10-15-29-34-30(20-11-13-21(14-12-20)36(40)41)28(35(29)17-19)16-27(31(37)38)33-32(39)42-18-26-24-8-4-2-6-22(24)23-7-3-5-9-25(23)26/h2-15,17,26-27H,16,18H2,1H3,(H,33,39)(H,37,38). The predicted molar refractivity (Wildman–Crippen MR) is 155 cm³/mol. The Bertz CT molecular complexity index is 1800. The molecule has 0 aliphatic heterocycles. The third-order valence-corrected chi connectivity index (χ3v) is 7.55. The van der Waals surface area contributed by atoms with Crippen molar-refractivity contribution in [3.63, 3.8) is 0 Å². The Hall–Kier alpha value is -5.51. The molecule has 5 aromatic rings. The second-order valence-corrected chi connectivity index (χ2v) is 10.2. The molecule has 0 saturated carbocycles. The van der Waals surface area contributed by atoms with Crippen LogP contribution in [0.4, 0.5) is 10.5 Å². The number of nitro benzene ring substituents is 1. The van der Waals surface area contributed by atoms with Crippen molar-refractivity contribution in [2.75, 3.05) is 6.61 Å². The molecule has 0 saturated heterocycles. The molecule has 1 aliphatic carbocycles. The minimum absolute atomic E-state index is 0.0506. The number of ether oxygens (including phenoxy) is 1. The number of carboxylic acids is 1. The SMILES string of the molecule is Cc1ccc2nc(-c3ccc([N+](=O)[O-])cc3)c(CC(NC(=O)OCC3c4ccccc4-c4ccccc43)C(=O)O)n2c1. The summed E-state index contributed by atoms with van der Waals surface area (Å²) in [7, 11) is 0. The number of hydrogen-bond acceptors (Lipinski definition) is 6. The molecule has 2 aromatic heterocycles. The lowest BCUT2D eigenvalue weighted by Crippen LogP contribution is -2.43. The minimum Gasteiger partial charge on any atom is -0.480 e. The molecule has 6 rings (SSSR count). The summed E-state index contributed by atoms with van der Waals surface area (Å²) in [5, 5.41) is 23.7. The first-order valence-electron chi connectivity index (χ1n) is 13.4. The Kier molecular flexibility index (Phi) is 6.87. The van der Waals surface area contributed by atoms with Crippen molar-refractivity contribution in [2.24, 2.45) is 0 Å². The number of non-ortho nitro benzene ring substituents is 1. The third-order valence-electron chi connectivity index (χ3n) is 7.55. The maximum absolute atomic E-state index is 13.0. The molecule has 210 valence electrons. The molecule has 0 radical (unpaired) electrons. The van der Waals surface area contributed by atoms with Crippen molar-refractivity contribution in [3.8, 4) is 22.4 Å². The van der Waals surface area contributed by atoms with E-state index in [1.54, 1.807) is 16.5 Å². The van der Waals surface area contributed by atoms with E-state index in [2.05, 4.69) is 10.3 Å². The van der Waals surface area contributed by atoms with Gasteiger partial charge in [-0.25, -0.2) is 14.6 Å².